The van der Waals surface area contributed by atoms with E-state index in [1.54, 1.807) is 0 Å². The van der Waals surface area contributed by atoms with Crippen LogP contribution in [0.4, 0.5) is 0 Å². The van der Waals surface area contributed by atoms with Gasteiger partial charge in [-0.25, -0.2) is 0 Å². The number of Topliss-reactive ketones (excluding diaryl/α,β-unsaturated/α-hetero) is 1. The molecule has 0 bridgehead atoms. The number of carbonyl (C=O) groups excluding carboxylic acids is 1. The molecule has 1 aromatic heterocycles. The molecule has 0 aliphatic heterocycles. The van der Waals surface area contributed by atoms with E-state index in [-0.39, 0.29) is 23.5 Å². The molecular weight excluding hydrogens is 204 g/mol. The second kappa shape index (κ2) is 4.76. The summed E-state index contributed by atoms with van der Waals surface area (Å²) in [5.41, 5.74) is -0.356. The van der Waals surface area contributed by atoms with Crippen LogP contribution in [0, 0.1) is 5.41 Å². The molecule has 0 saturated heterocycles. The summed E-state index contributed by atoms with van der Waals surface area (Å²) in [6, 6.07) is 0. The van der Waals surface area contributed by atoms with E-state index in [2.05, 4.69) is 17.1 Å². The number of hydrogen-bond donors (Lipinski definition) is 0. The third-order valence-electron chi connectivity index (χ3n) is 2.69. The van der Waals surface area contributed by atoms with E-state index in [1.165, 1.54) is 0 Å². The quantitative estimate of drug-likeness (QED) is 0.789. The molecule has 0 radical (unpaired) electrons. The second-order valence-corrected chi connectivity index (χ2v) is 5.21. The van der Waals surface area contributed by atoms with Crippen LogP contribution in [0.1, 0.15) is 58.7 Å². The van der Waals surface area contributed by atoms with Crippen LogP contribution in [-0.2, 0) is 11.2 Å². The fourth-order valence-electron chi connectivity index (χ4n) is 1.13. The van der Waals surface area contributed by atoms with E-state index in [1.807, 2.05) is 27.7 Å². The first kappa shape index (κ1) is 12.9. The van der Waals surface area contributed by atoms with Crippen LogP contribution < -0.4 is 0 Å². The van der Waals surface area contributed by atoms with Crippen molar-refractivity contribution in [2.45, 2.75) is 53.4 Å². The van der Waals surface area contributed by atoms with Crippen molar-refractivity contribution in [3.63, 3.8) is 0 Å². The third kappa shape index (κ3) is 3.15. The summed E-state index contributed by atoms with van der Waals surface area (Å²) < 4.78 is 5.07. The highest BCUT2D eigenvalue weighted by molar-refractivity contribution is 5.84. The predicted molar refractivity (Wildman–Crippen MR) is 61.2 cm³/mol. The van der Waals surface area contributed by atoms with Gasteiger partial charge in [0.05, 0.1) is 6.42 Å². The zero-order chi connectivity index (χ0) is 12.3. The van der Waals surface area contributed by atoms with Gasteiger partial charge in [0.1, 0.15) is 5.78 Å². The first-order valence-corrected chi connectivity index (χ1v) is 5.70. The van der Waals surface area contributed by atoms with E-state index in [0.29, 0.717) is 11.7 Å². The third-order valence-corrected chi connectivity index (χ3v) is 2.69. The first-order chi connectivity index (χ1) is 7.34. The Labute approximate surface area is 96.4 Å². The van der Waals surface area contributed by atoms with Crippen molar-refractivity contribution in [1.82, 2.24) is 10.1 Å². The van der Waals surface area contributed by atoms with E-state index in [4.69, 9.17) is 4.52 Å². The van der Waals surface area contributed by atoms with E-state index >= 15 is 0 Å². The summed E-state index contributed by atoms with van der Waals surface area (Å²) in [5, 5.41) is 3.88. The lowest BCUT2D eigenvalue weighted by molar-refractivity contribution is -0.125. The molecule has 0 fully saturated rings. The fourth-order valence-corrected chi connectivity index (χ4v) is 1.13. The number of nitrogens with zero attached hydrogens (tertiary/aromatic N) is 2. The average molecular weight is 224 g/mol. The molecule has 0 saturated carbocycles. The molecule has 0 aromatic carbocycles. The molecule has 0 aliphatic rings. The van der Waals surface area contributed by atoms with Gasteiger partial charge in [-0.2, -0.15) is 4.98 Å². The molecule has 1 aromatic rings. The molecule has 16 heavy (non-hydrogen) atoms. The highest BCUT2D eigenvalue weighted by Gasteiger charge is 2.24. The summed E-state index contributed by atoms with van der Waals surface area (Å²) in [4.78, 5) is 16.0. The average Bonchev–Trinajstić information content (AvgIpc) is 2.63. The van der Waals surface area contributed by atoms with Crippen LogP contribution in [-0.4, -0.2) is 15.9 Å². The number of hydrogen-bond acceptors (Lipinski definition) is 4. The first-order valence-electron chi connectivity index (χ1n) is 5.70. The van der Waals surface area contributed by atoms with Gasteiger partial charge in [0.25, 0.3) is 0 Å². The van der Waals surface area contributed by atoms with Gasteiger partial charge in [0.2, 0.25) is 5.89 Å². The highest BCUT2D eigenvalue weighted by Crippen LogP contribution is 2.19. The van der Waals surface area contributed by atoms with Gasteiger partial charge < -0.3 is 4.52 Å². The second-order valence-electron chi connectivity index (χ2n) is 5.21. The molecule has 1 unspecified atom stereocenters. The van der Waals surface area contributed by atoms with Gasteiger partial charge in [-0.15, -0.1) is 0 Å². The number of aromatic nitrogens is 2. The molecule has 90 valence electrons. The van der Waals surface area contributed by atoms with Gasteiger partial charge in [-0.1, -0.05) is 39.8 Å². The van der Waals surface area contributed by atoms with Gasteiger partial charge in [-0.05, 0) is 6.42 Å². The maximum absolute atomic E-state index is 11.8. The molecule has 0 aliphatic carbocycles. The van der Waals surface area contributed by atoms with Gasteiger partial charge in [0, 0.05) is 11.3 Å². The Morgan fingerprint density at radius 1 is 1.44 bits per heavy atom. The molecule has 4 nitrogen and oxygen atoms in total. The smallest absolute Gasteiger partial charge is 0.234 e. The van der Waals surface area contributed by atoms with Crippen molar-refractivity contribution >= 4 is 5.78 Å². The van der Waals surface area contributed by atoms with Crippen molar-refractivity contribution < 1.29 is 9.32 Å². The van der Waals surface area contributed by atoms with Gasteiger partial charge >= 0.3 is 0 Å². The van der Waals surface area contributed by atoms with Crippen molar-refractivity contribution in [3.8, 4) is 0 Å². The Balaban J connectivity index is 2.69. The van der Waals surface area contributed by atoms with Crippen LogP contribution >= 0.6 is 0 Å². The predicted octanol–water partition coefficient (Wildman–Crippen LogP) is 2.74. The SMILES string of the molecule is CCC(C)c1noc(CC(=O)C(C)(C)C)n1. The Hall–Kier alpha value is -1.19. The lowest BCUT2D eigenvalue weighted by atomic mass is 9.89. The maximum atomic E-state index is 11.8. The molecule has 0 N–H and O–H groups in total. The van der Waals surface area contributed by atoms with Crippen molar-refractivity contribution in [2.75, 3.05) is 0 Å². The lowest BCUT2D eigenvalue weighted by Crippen LogP contribution is -2.22. The maximum Gasteiger partial charge on any atom is 0.234 e. The van der Waals surface area contributed by atoms with E-state index in [0.717, 1.165) is 6.42 Å². The Bertz CT molecular complexity index is 363. The number of ketones is 1. The zero-order valence-corrected chi connectivity index (χ0v) is 10.7. The fraction of sp³-hybridized carbons (Fsp3) is 0.750. The normalized spacial score (nSPS) is 13.8. The van der Waals surface area contributed by atoms with Crippen molar-refractivity contribution in [1.29, 1.82) is 0 Å². The number of rotatable bonds is 4. The van der Waals surface area contributed by atoms with Crippen LogP contribution in [0.3, 0.4) is 0 Å². The summed E-state index contributed by atoms with van der Waals surface area (Å²) in [7, 11) is 0. The molecule has 4 heteroatoms. The Morgan fingerprint density at radius 2 is 2.06 bits per heavy atom. The monoisotopic (exact) mass is 224 g/mol. The summed E-state index contributed by atoms with van der Waals surface area (Å²) in [6.45, 7) is 9.78. The molecule has 1 atom stereocenters. The van der Waals surface area contributed by atoms with E-state index < -0.39 is 0 Å². The zero-order valence-electron chi connectivity index (χ0n) is 10.7. The lowest BCUT2D eigenvalue weighted by Gasteiger charge is -2.14. The van der Waals surface area contributed by atoms with E-state index in [9.17, 15) is 4.79 Å². The minimum Gasteiger partial charge on any atom is -0.339 e. The minimum atomic E-state index is -0.356. The standard InChI is InChI=1S/C12H20N2O2/c1-6-8(2)11-13-10(16-14-11)7-9(15)12(3,4)5/h8H,6-7H2,1-5H3. The Kier molecular flexibility index (Phi) is 3.83. The van der Waals surface area contributed by atoms with Gasteiger partial charge in [-0.3, -0.25) is 4.79 Å². The summed E-state index contributed by atoms with van der Waals surface area (Å²) >= 11 is 0. The summed E-state index contributed by atoms with van der Waals surface area (Å²) in [6.07, 6.45) is 1.19. The van der Waals surface area contributed by atoms with Gasteiger partial charge in [0.15, 0.2) is 5.82 Å². The van der Waals surface area contributed by atoms with Crippen LogP contribution in [0.2, 0.25) is 0 Å². The highest BCUT2D eigenvalue weighted by atomic mass is 16.5. The molecule has 1 heterocycles. The summed E-state index contributed by atoms with van der Waals surface area (Å²) in [5.74, 6) is 1.52. The topological polar surface area (TPSA) is 56.0 Å². The van der Waals surface area contributed by atoms with Crippen LogP contribution in [0.25, 0.3) is 0 Å². The van der Waals surface area contributed by atoms with Crippen LogP contribution in [0.5, 0.6) is 0 Å². The minimum absolute atomic E-state index is 0.117. The largest absolute Gasteiger partial charge is 0.339 e. The molecule has 0 spiro atoms. The van der Waals surface area contributed by atoms with Crippen molar-refractivity contribution in [3.05, 3.63) is 11.7 Å². The molecular formula is C12H20N2O2. The molecule has 0 amide bonds. The van der Waals surface area contributed by atoms with Crippen LogP contribution in [0.15, 0.2) is 4.52 Å². The molecule has 1 rings (SSSR count). The number of carbonyl (C=O) groups is 1. The Morgan fingerprint density at radius 3 is 2.56 bits per heavy atom. The van der Waals surface area contributed by atoms with Crippen molar-refractivity contribution in [2.24, 2.45) is 5.41 Å².